The van der Waals surface area contributed by atoms with E-state index in [2.05, 4.69) is 14.7 Å². The van der Waals surface area contributed by atoms with Gasteiger partial charge in [0.2, 0.25) is 5.95 Å². The van der Waals surface area contributed by atoms with Crippen molar-refractivity contribution in [3.05, 3.63) is 36.7 Å². The van der Waals surface area contributed by atoms with Gasteiger partial charge in [0.1, 0.15) is 0 Å². The fourth-order valence-electron chi connectivity index (χ4n) is 1.49. The van der Waals surface area contributed by atoms with E-state index in [-0.39, 0.29) is 10.8 Å². The summed E-state index contributed by atoms with van der Waals surface area (Å²) in [5.41, 5.74) is 6.01. The van der Waals surface area contributed by atoms with Gasteiger partial charge in [-0.05, 0) is 30.7 Å². The fraction of sp³-hybridized carbons (Fsp3) is 0.231. The predicted octanol–water partition coefficient (Wildman–Crippen LogP) is 1.65. The van der Waals surface area contributed by atoms with Gasteiger partial charge in [-0.2, -0.15) is 0 Å². The molecule has 0 atom stereocenters. The molecule has 2 aromatic rings. The lowest BCUT2D eigenvalue weighted by Crippen LogP contribution is -2.15. The minimum Gasteiger partial charge on any atom is -0.490 e. The number of sulfonamides is 1. The van der Waals surface area contributed by atoms with E-state index in [0.717, 1.165) is 6.42 Å². The second kappa shape index (κ2) is 6.40. The third kappa shape index (κ3) is 4.06. The van der Waals surface area contributed by atoms with Crippen molar-refractivity contribution in [1.29, 1.82) is 0 Å². The van der Waals surface area contributed by atoms with Crippen molar-refractivity contribution in [3.63, 3.8) is 0 Å². The summed E-state index contributed by atoms with van der Waals surface area (Å²) < 4.78 is 31.8. The Balaban J connectivity index is 2.11. The standard InChI is InChI=1S/C13H16N4O3S/c1-2-7-20-11-8-15-13(16-9-11)17-21(18,19)12-5-3-10(14)4-6-12/h3-6,8-9H,2,7,14H2,1H3,(H,15,16,17). The second-order valence-electron chi connectivity index (χ2n) is 4.27. The van der Waals surface area contributed by atoms with Gasteiger partial charge in [-0.1, -0.05) is 6.92 Å². The molecule has 0 aliphatic heterocycles. The number of aromatic nitrogens is 2. The van der Waals surface area contributed by atoms with Crippen LogP contribution in [0.2, 0.25) is 0 Å². The maximum absolute atomic E-state index is 12.1. The maximum atomic E-state index is 12.1. The minimum atomic E-state index is -3.73. The number of nitrogens with one attached hydrogen (secondary N) is 1. The molecule has 1 aromatic carbocycles. The van der Waals surface area contributed by atoms with Crippen LogP contribution in [0.25, 0.3) is 0 Å². The summed E-state index contributed by atoms with van der Waals surface area (Å²) in [5.74, 6) is 0.475. The smallest absolute Gasteiger partial charge is 0.264 e. The summed E-state index contributed by atoms with van der Waals surface area (Å²) in [5, 5.41) is 0. The monoisotopic (exact) mass is 308 g/mol. The third-order valence-electron chi connectivity index (χ3n) is 2.52. The Labute approximate surface area is 123 Å². The van der Waals surface area contributed by atoms with Gasteiger partial charge >= 0.3 is 0 Å². The molecule has 0 saturated heterocycles. The van der Waals surface area contributed by atoms with Gasteiger partial charge < -0.3 is 10.5 Å². The van der Waals surface area contributed by atoms with E-state index in [1.165, 1.54) is 36.7 Å². The normalized spacial score (nSPS) is 11.1. The van der Waals surface area contributed by atoms with Crippen molar-refractivity contribution in [2.75, 3.05) is 17.1 Å². The molecule has 1 aromatic heterocycles. The Kier molecular flexibility index (Phi) is 4.59. The Morgan fingerprint density at radius 3 is 2.38 bits per heavy atom. The Morgan fingerprint density at radius 1 is 1.19 bits per heavy atom. The van der Waals surface area contributed by atoms with Crippen molar-refractivity contribution >= 4 is 21.7 Å². The van der Waals surface area contributed by atoms with Crippen molar-refractivity contribution in [3.8, 4) is 5.75 Å². The largest absolute Gasteiger partial charge is 0.490 e. The van der Waals surface area contributed by atoms with Crippen molar-refractivity contribution in [2.45, 2.75) is 18.2 Å². The van der Waals surface area contributed by atoms with E-state index in [1.54, 1.807) is 0 Å². The number of hydrogen-bond donors (Lipinski definition) is 2. The first-order chi connectivity index (χ1) is 10.0. The van der Waals surface area contributed by atoms with E-state index in [1.807, 2.05) is 6.92 Å². The summed E-state index contributed by atoms with van der Waals surface area (Å²) in [6, 6.07) is 5.85. The minimum absolute atomic E-state index is 0.0179. The summed E-state index contributed by atoms with van der Waals surface area (Å²) in [6.07, 6.45) is 3.71. The predicted molar refractivity (Wildman–Crippen MR) is 79.5 cm³/mol. The van der Waals surface area contributed by atoms with E-state index in [9.17, 15) is 8.42 Å². The molecule has 21 heavy (non-hydrogen) atoms. The van der Waals surface area contributed by atoms with Crippen LogP contribution in [-0.2, 0) is 10.0 Å². The van der Waals surface area contributed by atoms with Gasteiger partial charge in [0, 0.05) is 5.69 Å². The molecule has 0 saturated carbocycles. The van der Waals surface area contributed by atoms with Crippen molar-refractivity contribution < 1.29 is 13.2 Å². The summed E-state index contributed by atoms with van der Waals surface area (Å²) in [7, 11) is -3.73. The molecule has 3 N–H and O–H groups in total. The molecule has 0 spiro atoms. The van der Waals surface area contributed by atoms with Crippen LogP contribution in [-0.4, -0.2) is 25.0 Å². The van der Waals surface area contributed by atoms with Gasteiger partial charge in [0.25, 0.3) is 10.0 Å². The topological polar surface area (TPSA) is 107 Å². The fourth-order valence-corrected chi connectivity index (χ4v) is 2.45. The van der Waals surface area contributed by atoms with Crippen LogP contribution in [0.1, 0.15) is 13.3 Å². The first-order valence-electron chi connectivity index (χ1n) is 6.34. The van der Waals surface area contributed by atoms with Gasteiger partial charge in [-0.3, -0.25) is 0 Å². The molecule has 0 aliphatic carbocycles. The van der Waals surface area contributed by atoms with E-state index < -0.39 is 10.0 Å². The van der Waals surface area contributed by atoms with Gasteiger partial charge in [-0.15, -0.1) is 0 Å². The highest BCUT2D eigenvalue weighted by atomic mass is 32.2. The first kappa shape index (κ1) is 15.0. The number of nitrogens with two attached hydrogens (primary N) is 1. The van der Waals surface area contributed by atoms with Crippen LogP contribution in [0.4, 0.5) is 11.6 Å². The summed E-state index contributed by atoms with van der Waals surface area (Å²) >= 11 is 0. The maximum Gasteiger partial charge on any atom is 0.264 e. The Morgan fingerprint density at radius 2 is 1.81 bits per heavy atom. The Hall–Kier alpha value is -2.35. The Bertz CT molecular complexity index is 684. The van der Waals surface area contributed by atoms with Crippen LogP contribution < -0.4 is 15.2 Å². The molecule has 0 fully saturated rings. The van der Waals surface area contributed by atoms with Crippen molar-refractivity contribution in [2.24, 2.45) is 0 Å². The molecule has 1 heterocycles. The molecule has 0 amide bonds. The lowest BCUT2D eigenvalue weighted by Gasteiger charge is -2.08. The summed E-state index contributed by atoms with van der Waals surface area (Å²) in [4.78, 5) is 7.91. The molecular weight excluding hydrogens is 292 g/mol. The zero-order valence-electron chi connectivity index (χ0n) is 11.5. The van der Waals surface area contributed by atoms with Gasteiger partial charge in [0.15, 0.2) is 5.75 Å². The van der Waals surface area contributed by atoms with Crippen LogP contribution in [0, 0.1) is 0 Å². The molecule has 8 heteroatoms. The zero-order valence-corrected chi connectivity index (χ0v) is 12.3. The molecule has 112 valence electrons. The second-order valence-corrected chi connectivity index (χ2v) is 5.95. The number of rotatable bonds is 6. The summed E-state index contributed by atoms with van der Waals surface area (Å²) in [6.45, 7) is 2.54. The zero-order chi connectivity index (χ0) is 15.3. The number of ether oxygens (including phenoxy) is 1. The highest BCUT2D eigenvalue weighted by Crippen LogP contribution is 2.16. The van der Waals surface area contributed by atoms with E-state index >= 15 is 0 Å². The molecule has 2 rings (SSSR count). The van der Waals surface area contributed by atoms with Gasteiger partial charge in [0.05, 0.1) is 23.9 Å². The molecular formula is C13H16N4O3S. The molecule has 0 aliphatic rings. The number of nitrogens with zero attached hydrogens (tertiary/aromatic N) is 2. The van der Waals surface area contributed by atoms with Crippen LogP contribution in [0.5, 0.6) is 5.75 Å². The number of nitrogen functional groups attached to an aromatic ring is 1. The van der Waals surface area contributed by atoms with E-state index in [0.29, 0.717) is 18.0 Å². The highest BCUT2D eigenvalue weighted by Gasteiger charge is 2.15. The average molecular weight is 308 g/mol. The first-order valence-corrected chi connectivity index (χ1v) is 7.83. The lowest BCUT2D eigenvalue weighted by atomic mass is 10.3. The molecule has 7 nitrogen and oxygen atoms in total. The van der Waals surface area contributed by atoms with Crippen LogP contribution >= 0.6 is 0 Å². The quantitative estimate of drug-likeness (QED) is 0.786. The highest BCUT2D eigenvalue weighted by molar-refractivity contribution is 7.92. The average Bonchev–Trinajstić information content (AvgIpc) is 2.47. The van der Waals surface area contributed by atoms with Crippen LogP contribution in [0.15, 0.2) is 41.6 Å². The number of benzene rings is 1. The lowest BCUT2D eigenvalue weighted by molar-refractivity contribution is 0.315. The molecule has 0 bridgehead atoms. The van der Waals surface area contributed by atoms with Crippen molar-refractivity contribution in [1.82, 2.24) is 9.97 Å². The number of hydrogen-bond acceptors (Lipinski definition) is 6. The van der Waals surface area contributed by atoms with Gasteiger partial charge in [-0.25, -0.2) is 23.1 Å². The SMILES string of the molecule is CCCOc1cnc(NS(=O)(=O)c2ccc(N)cc2)nc1. The molecule has 0 radical (unpaired) electrons. The molecule has 0 unspecified atom stereocenters. The van der Waals surface area contributed by atoms with Crippen LogP contribution in [0.3, 0.4) is 0 Å². The third-order valence-corrected chi connectivity index (χ3v) is 3.86. The number of anilines is 2. The van der Waals surface area contributed by atoms with E-state index in [4.69, 9.17) is 10.5 Å².